The highest BCUT2D eigenvalue weighted by molar-refractivity contribution is 5.81. The van der Waals surface area contributed by atoms with Crippen molar-refractivity contribution in [1.29, 1.82) is 0 Å². The molecule has 0 aliphatic carbocycles. The summed E-state index contributed by atoms with van der Waals surface area (Å²) in [5, 5.41) is 2.94. The predicted molar refractivity (Wildman–Crippen MR) is 98.1 cm³/mol. The number of rotatable bonds is 8. The molecule has 0 aromatic heterocycles. The fourth-order valence-corrected chi connectivity index (χ4v) is 2.60. The van der Waals surface area contributed by atoms with E-state index < -0.39 is 5.97 Å². The molecule has 0 aliphatic heterocycles. The Morgan fingerprint density at radius 1 is 1.04 bits per heavy atom. The lowest BCUT2D eigenvalue weighted by molar-refractivity contribution is -0.148. The Morgan fingerprint density at radius 3 is 2.36 bits per heavy atom. The molecule has 0 saturated heterocycles. The first-order valence-electron chi connectivity index (χ1n) is 8.64. The number of hydrogen-bond acceptors (Lipinski definition) is 3. The summed E-state index contributed by atoms with van der Waals surface area (Å²) >= 11 is 0. The highest BCUT2D eigenvalue weighted by Crippen LogP contribution is 2.17. The standard InChI is InChI=1S/C21H25NO3/c1-3-7-19(18-8-5-4-6-9-18)22-20(23)15-25-21(24)14-17-12-10-16(2)11-13-17/h4-6,8-13,19H,3,7,14-15H2,1-2H3,(H,22,23)/t19-/m0/s1. The first-order chi connectivity index (χ1) is 12.1. The molecule has 25 heavy (non-hydrogen) atoms. The molecule has 2 aromatic carbocycles. The summed E-state index contributed by atoms with van der Waals surface area (Å²) in [5.74, 6) is -0.676. The first kappa shape index (κ1) is 18.7. The zero-order chi connectivity index (χ0) is 18.1. The van der Waals surface area contributed by atoms with Crippen LogP contribution >= 0.6 is 0 Å². The number of hydrogen-bond donors (Lipinski definition) is 1. The molecule has 4 nitrogen and oxygen atoms in total. The molecule has 2 aromatic rings. The maximum absolute atomic E-state index is 12.1. The molecule has 0 unspecified atom stereocenters. The second kappa shape index (κ2) is 9.62. The van der Waals surface area contributed by atoms with Gasteiger partial charge in [0, 0.05) is 0 Å². The maximum atomic E-state index is 12.1. The van der Waals surface area contributed by atoms with E-state index >= 15 is 0 Å². The molecule has 0 saturated carbocycles. The van der Waals surface area contributed by atoms with E-state index in [2.05, 4.69) is 12.2 Å². The van der Waals surface area contributed by atoms with Gasteiger partial charge >= 0.3 is 5.97 Å². The molecule has 0 fully saturated rings. The van der Waals surface area contributed by atoms with Crippen molar-refractivity contribution in [1.82, 2.24) is 5.32 Å². The van der Waals surface area contributed by atoms with Gasteiger partial charge in [-0.3, -0.25) is 9.59 Å². The highest BCUT2D eigenvalue weighted by atomic mass is 16.5. The zero-order valence-electron chi connectivity index (χ0n) is 14.8. The van der Waals surface area contributed by atoms with E-state index in [1.54, 1.807) is 0 Å². The van der Waals surface area contributed by atoms with Gasteiger partial charge in [0.25, 0.3) is 5.91 Å². The zero-order valence-corrected chi connectivity index (χ0v) is 14.8. The number of esters is 1. The Hall–Kier alpha value is -2.62. The normalized spacial score (nSPS) is 11.6. The fourth-order valence-electron chi connectivity index (χ4n) is 2.60. The quantitative estimate of drug-likeness (QED) is 0.746. The van der Waals surface area contributed by atoms with Crippen molar-refractivity contribution in [3.63, 3.8) is 0 Å². The molecule has 0 spiro atoms. The Morgan fingerprint density at radius 2 is 1.72 bits per heavy atom. The highest BCUT2D eigenvalue weighted by Gasteiger charge is 2.15. The Balaban J connectivity index is 1.82. The predicted octanol–water partition coefficient (Wildman–Crippen LogP) is 3.74. The monoisotopic (exact) mass is 339 g/mol. The van der Waals surface area contributed by atoms with E-state index in [-0.39, 0.29) is 25.0 Å². The summed E-state index contributed by atoms with van der Waals surface area (Å²) in [6.45, 7) is 3.81. The van der Waals surface area contributed by atoms with Crippen LogP contribution in [0.5, 0.6) is 0 Å². The summed E-state index contributed by atoms with van der Waals surface area (Å²) in [4.78, 5) is 24.0. The van der Waals surface area contributed by atoms with Gasteiger partial charge in [0.05, 0.1) is 12.5 Å². The molecular formula is C21H25NO3. The molecule has 2 rings (SSSR count). The van der Waals surface area contributed by atoms with Crippen molar-refractivity contribution in [3.8, 4) is 0 Å². The molecule has 0 bridgehead atoms. The molecule has 0 radical (unpaired) electrons. The third-order valence-electron chi connectivity index (χ3n) is 3.95. The van der Waals surface area contributed by atoms with Gasteiger partial charge in [-0.15, -0.1) is 0 Å². The largest absolute Gasteiger partial charge is 0.455 e. The number of amides is 1. The summed E-state index contributed by atoms with van der Waals surface area (Å²) in [5.41, 5.74) is 3.08. The summed E-state index contributed by atoms with van der Waals surface area (Å²) in [6.07, 6.45) is 1.96. The van der Waals surface area contributed by atoms with Crippen molar-refractivity contribution in [3.05, 3.63) is 71.3 Å². The number of benzene rings is 2. The van der Waals surface area contributed by atoms with Crippen LogP contribution in [0.15, 0.2) is 54.6 Å². The van der Waals surface area contributed by atoms with E-state index in [0.717, 1.165) is 29.5 Å². The summed E-state index contributed by atoms with van der Waals surface area (Å²) in [6, 6.07) is 17.4. The second-order valence-electron chi connectivity index (χ2n) is 6.14. The summed E-state index contributed by atoms with van der Waals surface area (Å²) in [7, 11) is 0. The molecule has 132 valence electrons. The lowest BCUT2D eigenvalue weighted by atomic mass is 10.0. The van der Waals surface area contributed by atoms with E-state index in [1.165, 1.54) is 0 Å². The first-order valence-corrected chi connectivity index (χ1v) is 8.64. The van der Waals surface area contributed by atoms with Crippen molar-refractivity contribution in [2.45, 2.75) is 39.2 Å². The van der Waals surface area contributed by atoms with Crippen molar-refractivity contribution in [2.75, 3.05) is 6.61 Å². The lowest BCUT2D eigenvalue weighted by Gasteiger charge is -2.18. The van der Waals surface area contributed by atoms with Gasteiger partial charge in [-0.2, -0.15) is 0 Å². The average molecular weight is 339 g/mol. The minimum Gasteiger partial charge on any atom is -0.455 e. The maximum Gasteiger partial charge on any atom is 0.310 e. The molecular weight excluding hydrogens is 314 g/mol. The van der Waals surface area contributed by atoms with Crippen LogP contribution in [0, 0.1) is 6.92 Å². The van der Waals surface area contributed by atoms with Crippen molar-refractivity contribution >= 4 is 11.9 Å². The minimum atomic E-state index is -0.397. The smallest absolute Gasteiger partial charge is 0.310 e. The molecule has 1 atom stereocenters. The number of aryl methyl sites for hydroxylation is 1. The van der Waals surface area contributed by atoms with Gasteiger partial charge in [-0.1, -0.05) is 73.5 Å². The van der Waals surface area contributed by atoms with Gasteiger partial charge in [0.1, 0.15) is 0 Å². The van der Waals surface area contributed by atoms with Gasteiger partial charge < -0.3 is 10.1 Å². The van der Waals surface area contributed by atoms with Crippen LogP contribution in [0.25, 0.3) is 0 Å². The van der Waals surface area contributed by atoms with Crippen molar-refractivity contribution < 1.29 is 14.3 Å². The number of ether oxygens (including phenoxy) is 1. The van der Waals surface area contributed by atoms with Gasteiger partial charge in [0.15, 0.2) is 6.61 Å². The lowest BCUT2D eigenvalue weighted by Crippen LogP contribution is -2.32. The molecule has 0 aliphatic rings. The average Bonchev–Trinajstić information content (AvgIpc) is 2.62. The Bertz CT molecular complexity index is 680. The van der Waals surface area contributed by atoms with Gasteiger partial charge in [0.2, 0.25) is 0 Å². The van der Waals surface area contributed by atoms with Crippen LogP contribution in [0.2, 0.25) is 0 Å². The molecule has 1 N–H and O–H groups in total. The van der Waals surface area contributed by atoms with E-state index in [0.29, 0.717) is 0 Å². The number of nitrogens with one attached hydrogen (secondary N) is 1. The Kier molecular flexibility index (Phi) is 7.20. The van der Waals surface area contributed by atoms with Gasteiger partial charge in [-0.05, 0) is 24.5 Å². The molecule has 1 amide bonds. The topological polar surface area (TPSA) is 55.4 Å². The van der Waals surface area contributed by atoms with Crippen LogP contribution in [0.3, 0.4) is 0 Å². The van der Waals surface area contributed by atoms with Crippen LogP contribution < -0.4 is 5.32 Å². The molecule has 4 heteroatoms. The third kappa shape index (κ3) is 6.42. The Labute approximate surface area is 149 Å². The third-order valence-corrected chi connectivity index (χ3v) is 3.95. The summed E-state index contributed by atoms with van der Waals surface area (Å²) < 4.78 is 5.10. The van der Waals surface area contributed by atoms with Crippen LogP contribution in [0.1, 0.15) is 42.5 Å². The van der Waals surface area contributed by atoms with Crippen molar-refractivity contribution in [2.24, 2.45) is 0 Å². The minimum absolute atomic E-state index is 0.0606. The number of carbonyl (C=O) groups is 2. The van der Waals surface area contributed by atoms with Gasteiger partial charge in [-0.25, -0.2) is 0 Å². The van der Waals surface area contributed by atoms with Crippen LogP contribution in [-0.2, 0) is 20.7 Å². The van der Waals surface area contributed by atoms with Crippen LogP contribution in [-0.4, -0.2) is 18.5 Å². The SMILES string of the molecule is CCC[C@H](NC(=O)COC(=O)Cc1ccc(C)cc1)c1ccccc1. The second-order valence-corrected chi connectivity index (χ2v) is 6.14. The number of carbonyl (C=O) groups excluding carboxylic acids is 2. The van der Waals surface area contributed by atoms with E-state index in [1.807, 2.05) is 61.5 Å². The van der Waals surface area contributed by atoms with E-state index in [4.69, 9.17) is 4.74 Å². The van der Waals surface area contributed by atoms with E-state index in [9.17, 15) is 9.59 Å². The van der Waals surface area contributed by atoms with Crippen LogP contribution in [0.4, 0.5) is 0 Å². The fraction of sp³-hybridized carbons (Fsp3) is 0.333. The molecule has 0 heterocycles.